The normalized spacial score (nSPS) is 10.7. The summed E-state index contributed by atoms with van der Waals surface area (Å²) in [5.41, 5.74) is 7.04. The summed E-state index contributed by atoms with van der Waals surface area (Å²) in [6.07, 6.45) is 4.92. The summed E-state index contributed by atoms with van der Waals surface area (Å²) < 4.78 is 93.0. The predicted molar refractivity (Wildman–Crippen MR) is 289 cm³/mol. The molecule has 76 heavy (non-hydrogen) atoms. The Kier molecular flexibility index (Phi) is 19.5. The Bertz CT molecular complexity index is 3290. The van der Waals surface area contributed by atoms with Gasteiger partial charge in [0.05, 0.1) is 24.3 Å². The molecule has 3 N–H and O–H groups in total. The number of rotatable bonds is 16. The van der Waals surface area contributed by atoms with E-state index in [2.05, 4.69) is 101 Å². The molecule has 0 radical (unpaired) electrons. The van der Waals surface area contributed by atoms with Crippen LogP contribution in [0.1, 0.15) is 70.0 Å². The van der Waals surface area contributed by atoms with Gasteiger partial charge in [-0.25, -0.2) is 36.3 Å². The van der Waals surface area contributed by atoms with Crippen molar-refractivity contribution in [3.8, 4) is 23.0 Å². The van der Waals surface area contributed by atoms with E-state index in [-0.39, 0.29) is 36.2 Å². The molecule has 0 fully saturated rings. The molecule has 0 bridgehead atoms. The van der Waals surface area contributed by atoms with Crippen molar-refractivity contribution in [2.24, 2.45) is 0 Å². The quantitative estimate of drug-likeness (QED) is 0.0824. The van der Waals surface area contributed by atoms with Gasteiger partial charge in [-0.15, -0.1) is 0 Å². The second-order valence-electron chi connectivity index (χ2n) is 17.9. The van der Waals surface area contributed by atoms with E-state index in [0.29, 0.717) is 39.6 Å². The molecule has 15 heteroatoms. The average molecular weight is 1050 g/mol. The van der Waals surface area contributed by atoms with Crippen LogP contribution in [0.5, 0.6) is 23.0 Å². The van der Waals surface area contributed by atoms with Crippen LogP contribution in [0.4, 0.5) is 43.7 Å². The Morgan fingerprint density at radius 3 is 1.62 bits per heavy atom. The minimum Gasteiger partial charge on any atom is -0.455 e. The van der Waals surface area contributed by atoms with Crippen LogP contribution < -0.4 is 25.4 Å². The summed E-state index contributed by atoms with van der Waals surface area (Å²) in [5, 5.41) is 9.75. The lowest BCUT2D eigenvalue weighted by atomic mass is 10.0. The minimum atomic E-state index is -0.900. The molecule has 6 aromatic carbocycles. The third kappa shape index (κ3) is 16.1. The first-order valence-electron chi connectivity index (χ1n) is 24.2. The zero-order valence-corrected chi connectivity index (χ0v) is 43.1. The molecule has 8 nitrogen and oxygen atoms in total. The van der Waals surface area contributed by atoms with Gasteiger partial charge in [0.15, 0.2) is 11.6 Å². The fourth-order valence-electron chi connectivity index (χ4n) is 7.34. The minimum absolute atomic E-state index is 0.00199. The number of hydrogen-bond acceptors (Lipinski definition) is 8. The van der Waals surface area contributed by atoms with Gasteiger partial charge < -0.3 is 25.4 Å². The second-order valence-corrected chi connectivity index (χ2v) is 18.4. The maximum atomic E-state index is 13.7. The van der Waals surface area contributed by atoms with Gasteiger partial charge in [0, 0.05) is 47.9 Å². The van der Waals surface area contributed by atoms with Crippen LogP contribution in [0, 0.1) is 55.7 Å². The SMILES string of the molecule is Cc1cc(Cl)ccc1Oc1ccc(NCc2c(F)cccc2F)nc1.Cc1ccc(CNc2ccc(Oc3cc(C(C)C)ccc3C)cn2)cc1.Fc1cccc(Cc2ccc(NCc3c(F)cccc3F)cn2)c1F. The molecule has 0 aliphatic heterocycles. The Hall–Kier alpha value is -8.36. The molecule has 390 valence electrons. The van der Waals surface area contributed by atoms with Gasteiger partial charge in [-0.1, -0.05) is 91.7 Å². The summed E-state index contributed by atoms with van der Waals surface area (Å²) in [5.74, 6) is 0.442. The molecule has 0 spiro atoms. The van der Waals surface area contributed by atoms with Crippen molar-refractivity contribution < 1.29 is 35.8 Å². The van der Waals surface area contributed by atoms with E-state index >= 15 is 0 Å². The van der Waals surface area contributed by atoms with Crippen molar-refractivity contribution in [3.63, 3.8) is 0 Å². The number of ether oxygens (including phenoxy) is 2. The van der Waals surface area contributed by atoms with Crippen molar-refractivity contribution >= 4 is 28.9 Å². The Labute approximate surface area is 443 Å². The van der Waals surface area contributed by atoms with Gasteiger partial charge in [0.1, 0.15) is 57.9 Å². The number of nitrogens with zero attached hydrogens (tertiary/aromatic N) is 3. The first kappa shape index (κ1) is 55.4. The number of benzene rings is 6. The van der Waals surface area contributed by atoms with Crippen molar-refractivity contribution in [1.82, 2.24) is 15.0 Å². The molecule has 0 amide bonds. The highest BCUT2D eigenvalue weighted by molar-refractivity contribution is 6.30. The first-order valence-corrected chi connectivity index (χ1v) is 24.6. The van der Waals surface area contributed by atoms with Crippen molar-refractivity contribution in [1.29, 1.82) is 0 Å². The molecule has 9 aromatic rings. The summed E-state index contributed by atoms with van der Waals surface area (Å²) in [6.45, 7) is 11.1. The van der Waals surface area contributed by atoms with Crippen molar-refractivity contribution in [2.75, 3.05) is 16.0 Å². The highest BCUT2D eigenvalue weighted by atomic mass is 35.5. The number of pyridine rings is 3. The van der Waals surface area contributed by atoms with Gasteiger partial charge in [-0.2, -0.15) is 0 Å². The fourth-order valence-corrected chi connectivity index (χ4v) is 7.57. The molecule has 3 heterocycles. The van der Waals surface area contributed by atoms with E-state index < -0.39 is 34.9 Å². The summed E-state index contributed by atoms with van der Waals surface area (Å²) >= 11 is 5.92. The Morgan fingerprint density at radius 1 is 0.500 bits per heavy atom. The van der Waals surface area contributed by atoms with Crippen molar-refractivity contribution in [3.05, 3.63) is 260 Å². The number of anilines is 3. The van der Waals surface area contributed by atoms with E-state index in [4.69, 9.17) is 21.1 Å². The molecule has 0 aliphatic carbocycles. The van der Waals surface area contributed by atoms with Gasteiger partial charge >= 0.3 is 0 Å². The third-order valence-electron chi connectivity index (χ3n) is 11.8. The number of aromatic nitrogens is 3. The largest absolute Gasteiger partial charge is 0.455 e. The van der Waals surface area contributed by atoms with E-state index in [1.807, 2.05) is 25.1 Å². The summed E-state index contributed by atoms with van der Waals surface area (Å²) in [7, 11) is 0. The summed E-state index contributed by atoms with van der Waals surface area (Å²) in [4.78, 5) is 12.8. The van der Waals surface area contributed by atoms with E-state index in [1.165, 1.54) is 77.6 Å². The van der Waals surface area contributed by atoms with Crippen LogP contribution in [0.2, 0.25) is 5.02 Å². The topological polar surface area (TPSA) is 93.2 Å². The fraction of sp³-hybridized carbons (Fsp3) is 0.164. The van der Waals surface area contributed by atoms with Crippen LogP contribution in [0.25, 0.3) is 0 Å². The maximum absolute atomic E-state index is 13.7. The summed E-state index contributed by atoms with van der Waals surface area (Å²) in [6, 6.07) is 42.3. The lowest BCUT2D eigenvalue weighted by molar-refractivity contribution is 0.475. The van der Waals surface area contributed by atoms with E-state index in [1.54, 1.807) is 42.6 Å². The number of aryl methyl sites for hydroxylation is 3. The molecular weight excluding hydrogens is 998 g/mol. The first-order chi connectivity index (χ1) is 36.6. The van der Waals surface area contributed by atoms with Crippen LogP contribution in [-0.4, -0.2) is 15.0 Å². The van der Waals surface area contributed by atoms with Crippen molar-refractivity contribution in [2.45, 2.75) is 66.6 Å². The van der Waals surface area contributed by atoms with Crippen LogP contribution in [0.15, 0.2) is 170 Å². The lowest BCUT2D eigenvalue weighted by Gasteiger charge is -2.13. The highest BCUT2D eigenvalue weighted by Crippen LogP contribution is 2.30. The van der Waals surface area contributed by atoms with Crippen LogP contribution >= 0.6 is 11.6 Å². The lowest BCUT2D eigenvalue weighted by Crippen LogP contribution is -2.05. The molecule has 0 aliphatic rings. The van der Waals surface area contributed by atoms with E-state index in [0.717, 1.165) is 41.1 Å². The molecule has 0 saturated carbocycles. The smallest absolute Gasteiger partial charge is 0.162 e. The van der Waals surface area contributed by atoms with Crippen LogP contribution in [-0.2, 0) is 26.1 Å². The zero-order chi connectivity index (χ0) is 54.1. The molecule has 0 atom stereocenters. The monoisotopic (exact) mass is 1050 g/mol. The highest BCUT2D eigenvalue weighted by Gasteiger charge is 2.13. The van der Waals surface area contributed by atoms with Gasteiger partial charge in [-0.3, -0.25) is 4.98 Å². The van der Waals surface area contributed by atoms with Gasteiger partial charge in [-0.05, 0) is 146 Å². The number of hydrogen-bond donors (Lipinski definition) is 3. The second kappa shape index (κ2) is 26.7. The standard InChI is InChI=1S/C23H26N2O.C19H15ClF2N2O.C19H14F4N2/c1-16(2)20-10-7-18(4)22(13-20)26-21-11-12-23(25-15-21)24-14-19-8-5-17(3)6-9-19;1-12-9-13(20)5-7-18(12)25-14-6-8-19(23-10-14)24-11-15-16(21)3-2-4-17(15)22;20-16-4-2-5-17(21)15(16)11-25-14-8-7-13(24-10-14)9-12-3-1-6-18(22)19(12)23/h5-13,15-16H,14H2,1-4H3,(H,24,25);2-10H,11H2,1H3,(H,23,24);1-8,10,25H,9,11H2. The van der Waals surface area contributed by atoms with Gasteiger partial charge in [0.2, 0.25) is 0 Å². The molecular formula is C61H55ClF6N6O2. The Morgan fingerprint density at radius 2 is 1.07 bits per heavy atom. The number of nitrogens with one attached hydrogen (secondary N) is 3. The number of halogens is 7. The predicted octanol–water partition coefficient (Wildman–Crippen LogP) is 16.8. The molecule has 9 rings (SSSR count). The maximum Gasteiger partial charge on any atom is 0.162 e. The third-order valence-corrected chi connectivity index (χ3v) is 12.0. The Balaban J connectivity index is 0.000000166. The van der Waals surface area contributed by atoms with E-state index in [9.17, 15) is 26.3 Å². The molecule has 0 saturated heterocycles. The zero-order valence-electron chi connectivity index (χ0n) is 42.4. The molecule has 3 aromatic heterocycles. The van der Waals surface area contributed by atoms with Crippen LogP contribution in [0.3, 0.4) is 0 Å². The van der Waals surface area contributed by atoms with Gasteiger partial charge in [0.25, 0.3) is 0 Å². The molecule has 0 unspecified atom stereocenters. The average Bonchev–Trinajstić information content (AvgIpc) is 3.40.